The van der Waals surface area contributed by atoms with Crippen LogP contribution >= 0.6 is 0 Å². The highest BCUT2D eigenvalue weighted by Gasteiger charge is 2.75. The van der Waals surface area contributed by atoms with Crippen LogP contribution in [0.3, 0.4) is 0 Å². The van der Waals surface area contributed by atoms with Crippen LogP contribution in [0.2, 0.25) is 0 Å². The van der Waals surface area contributed by atoms with Gasteiger partial charge in [0.2, 0.25) is 5.79 Å². The fourth-order valence-electron chi connectivity index (χ4n) is 6.17. The average molecular weight is 418 g/mol. The number of carbonyl (C=O) groups is 1. The van der Waals surface area contributed by atoms with Crippen molar-refractivity contribution in [2.45, 2.75) is 70.8 Å². The predicted octanol–water partition coefficient (Wildman–Crippen LogP) is 3.35. The Morgan fingerprint density at radius 2 is 1.87 bits per heavy atom. The van der Waals surface area contributed by atoms with Crippen LogP contribution in [0.1, 0.15) is 56.0 Å². The molecule has 5 aliphatic rings. The van der Waals surface area contributed by atoms with E-state index in [2.05, 4.69) is 13.8 Å². The van der Waals surface area contributed by atoms with Crippen LogP contribution in [0.25, 0.3) is 0 Å². The van der Waals surface area contributed by atoms with E-state index in [1.165, 1.54) is 0 Å². The molecular formula is C23H30O7. The molecule has 4 heterocycles. The lowest BCUT2D eigenvalue weighted by Gasteiger charge is -2.67. The summed E-state index contributed by atoms with van der Waals surface area (Å²) in [5.41, 5.74) is 1.12. The predicted molar refractivity (Wildman–Crippen MR) is 105 cm³/mol. The van der Waals surface area contributed by atoms with Crippen molar-refractivity contribution in [3.8, 4) is 0 Å². The van der Waals surface area contributed by atoms with Gasteiger partial charge in [0.1, 0.15) is 6.10 Å². The topological polar surface area (TPSA) is 94.5 Å². The fourth-order valence-corrected chi connectivity index (χ4v) is 6.17. The van der Waals surface area contributed by atoms with E-state index in [0.717, 1.165) is 24.8 Å². The number of carboxylic acids is 1. The number of aliphatic hydroxyl groups excluding tert-OH is 1. The summed E-state index contributed by atoms with van der Waals surface area (Å²) in [6.45, 7) is 6.46. The number of hydrogen-bond acceptors (Lipinski definition) is 6. The molecule has 164 valence electrons. The number of aromatic carboxylic acids is 1. The van der Waals surface area contributed by atoms with Crippen LogP contribution in [-0.2, 0) is 25.6 Å². The molecule has 1 aromatic carbocycles. The van der Waals surface area contributed by atoms with E-state index >= 15 is 0 Å². The summed E-state index contributed by atoms with van der Waals surface area (Å²) >= 11 is 0. The van der Waals surface area contributed by atoms with Gasteiger partial charge in [-0.25, -0.2) is 4.79 Å². The first-order valence-electron chi connectivity index (χ1n) is 10.9. The summed E-state index contributed by atoms with van der Waals surface area (Å²) in [6, 6.07) is 6.66. The van der Waals surface area contributed by atoms with Crippen molar-refractivity contribution in [1.82, 2.24) is 0 Å². The first-order chi connectivity index (χ1) is 14.2. The highest BCUT2D eigenvalue weighted by atomic mass is 17.0. The lowest BCUT2D eigenvalue weighted by atomic mass is 9.60. The van der Waals surface area contributed by atoms with Crippen LogP contribution in [-0.4, -0.2) is 40.3 Å². The summed E-state index contributed by atoms with van der Waals surface area (Å²) in [7, 11) is 0. The highest BCUT2D eigenvalue weighted by Crippen LogP contribution is 2.64. The molecule has 1 aliphatic carbocycles. The lowest BCUT2D eigenvalue weighted by Crippen LogP contribution is -2.79. The highest BCUT2D eigenvalue weighted by molar-refractivity contribution is 5.87. The third-order valence-corrected chi connectivity index (χ3v) is 7.42. The molecule has 4 aliphatic heterocycles. The smallest absolute Gasteiger partial charge is 0.335 e. The van der Waals surface area contributed by atoms with Gasteiger partial charge in [-0.3, -0.25) is 14.2 Å². The second-order valence-corrected chi connectivity index (χ2v) is 9.81. The van der Waals surface area contributed by atoms with Gasteiger partial charge in [0, 0.05) is 17.8 Å². The molecule has 30 heavy (non-hydrogen) atoms. The minimum atomic E-state index is -1.15. The van der Waals surface area contributed by atoms with Gasteiger partial charge in [-0.05, 0) is 55.7 Å². The molecule has 6 rings (SSSR count). The number of ether oxygens (including phenoxy) is 4. The number of hydrogen-bond donors (Lipinski definition) is 2. The van der Waals surface area contributed by atoms with Gasteiger partial charge in [0.05, 0.1) is 12.2 Å². The molecule has 5 fully saturated rings. The molecule has 0 aromatic heterocycles. The molecule has 7 unspecified atom stereocenters. The molecular weight excluding hydrogens is 388 g/mol. The van der Waals surface area contributed by atoms with Gasteiger partial charge in [0.15, 0.2) is 6.29 Å². The molecule has 7 nitrogen and oxygen atoms in total. The second-order valence-electron chi connectivity index (χ2n) is 9.81. The zero-order valence-electron chi connectivity index (χ0n) is 17.6. The van der Waals surface area contributed by atoms with Crippen LogP contribution in [0.4, 0.5) is 0 Å². The summed E-state index contributed by atoms with van der Waals surface area (Å²) in [4.78, 5) is 11.0. The Balaban J connectivity index is 1.35. The van der Waals surface area contributed by atoms with Crippen molar-refractivity contribution in [2.75, 3.05) is 0 Å². The van der Waals surface area contributed by atoms with E-state index in [4.69, 9.17) is 24.1 Å². The molecule has 0 radical (unpaired) electrons. The quantitative estimate of drug-likeness (QED) is 0.774. The van der Waals surface area contributed by atoms with Gasteiger partial charge < -0.3 is 14.9 Å². The minimum Gasteiger partial charge on any atom is -0.478 e. The fraction of sp³-hybridized carbons (Fsp3) is 0.696. The number of carboxylic acid groups (broad SMARTS) is 1. The monoisotopic (exact) mass is 418 g/mol. The lowest BCUT2D eigenvalue weighted by molar-refractivity contribution is -0.648. The van der Waals surface area contributed by atoms with Gasteiger partial charge in [-0.15, -0.1) is 0 Å². The van der Waals surface area contributed by atoms with Gasteiger partial charge in [0.25, 0.3) is 5.97 Å². The molecule has 1 aromatic rings. The molecule has 0 amide bonds. The van der Waals surface area contributed by atoms with Gasteiger partial charge >= 0.3 is 5.97 Å². The molecule has 2 N–H and O–H groups in total. The van der Waals surface area contributed by atoms with Crippen LogP contribution < -0.4 is 0 Å². The molecule has 1 spiro atoms. The third-order valence-electron chi connectivity index (χ3n) is 7.42. The van der Waals surface area contributed by atoms with E-state index < -0.39 is 30.1 Å². The molecule has 4 saturated heterocycles. The largest absolute Gasteiger partial charge is 0.478 e. The molecule has 1 saturated carbocycles. The first kappa shape index (κ1) is 20.4. The zero-order chi connectivity index (χ0) is 21.3. The third kappa shape index (κ3) is 3.10. The summed E-state index contributed by atoms with van der Waals surface area (Å²) in [5, 5.41) is 20.0. The number of rotatable bonds is 4. The Morgan fingerprint density at radius 1 is 1.17 bits per heavy atom. The van der Waals surface area contributed by atoms with Crippen molar-refractivity contribution in [3.63, 3.8) is 0 Å². The zero-order valence-corrected chi connectivity index (χ0v) is 17.6. The maximum Gasteiger partial charge on any atom is 0.335 e. The Labute approximate surface area is 176 Å². The second kappa shape index (κ2) is 7.00. The summed E-state index contributed by atoms with van der Waals surface area (Å²) in [5.74, 6) is -2.00. The maximum absolute atomic E-state index is 11.0. The van der Waals surface area contributed by atoms with E-state index in [1.807, 2.05) is 0 Å². The van der Waals surface area contributed by atoms with E-state index in [1.54, 1.807) is 31.2 Å². The van der Waals surface area contributed by atoms with Crippen LogP contribution in [0.15, 0.2) is 24.3 Å². The Morgan fingerprint density at radius 3 is 2.53 bits per heavy atom. The Hall–Kier alpha value is -1.51. The molecule has 7 heteroatoms. The first-order valence-corrected chi connectivity index (χ1v) is 10.9. The van der Waals surface area contributed by atoms with Crippen LogP contribution in [0, 0.1) is 29.6 Å². The van der Waals surface area contributed by atoms with E-state index in [-0.39, 0.29) is 23.3 Å². The van der Waals surface area contributed by atoms with Crippen LogP contribution in [0.5, 0.6) is 0 Å². The summed E-state index contributed by atoms with van der Waals surface area (Å²) < 4.78 is 24.8. The number of benzene rings is 1. The molecule has 2 bridgehead atoms. The Bertz CT molecular complexity index is 815. The Kier molecular flexibility index (Phi) is 4.76. The van der Waals surface area contributed by atoms with Crippen molar-refractivity contribution in [2.24, 2.45) is 29.6 Å². The van der Waals surface area contributed by atoms with Gasteiger partial charge in [-0.2, -0.15) is 0 Å². The molecule has 7 atom stereocenters. The van der Waals surface area contributed by atoms with Crippen molar-refractivity contribution in [3.05, 3.63) is 35.4 Å². The van der Waals surface area contributed by atoms with Crippen molar-refractivity contribution >= 4 is 5.97 Å². The van der Waals surface area contributed by atoms with E-state index in [0.29, 0.717) is 18.4 Å². The van der Waals surface area contributed by atoms with E-state index in [9.17, 15) is 9.90 Å². The SMILES string of the molecule is CC1CC2CC(C)C(OCc3ccc(C(=O)O)cc3)OC34OC(C)(O3)C(O)C(C1)C24. The standard InChI is InChI=1S/C23H30O7/c1-12-8-16-10-13(2)21(27-11-14-4-6-15(7-5-14)20(25)26)28-23-18(16)17(9-12)19(24)22(3,29-23)30-23/h4-7,12-13,16-19,21,24H,8-11H2,1-3H3,(H,25,26). The van der Waals surface area contributed by atoms with Crippen molar-refractivity contribution in [1.29, 1.82) is 0 Å². The average Bonchev–Trinajstić information content (AvgIpc) is 2.78. The van der Waals surface area contributed by atoms with Gasteiger partial charge in [-0.1, -0.05) is 26.0 Å². The summed E-state index contributed by atoms with van der Waals surface area (Å²) in [6.07, 6.45) is 1.78. The normalized spacial score (nSPS) is 47.0. The minimum absolute atomic E-state index is 0.00331. The number of aliphatic hydroxyl groups is 1. The maximum atomic E-state index is 11.0. The van der Waals surface area contributed by atoms with Crippen molar-refractivity contribution < 1.29 is 34.0 Å².